The highest BCUT2D eigenvalue weighted by molar-refractivity contribution is 7.85. The van der Waals surface area contributed by atoms with Crippen LogP contribution in [0.25, 0.3) is 0 Å². The summed E-state index contributed by atoms with van der Waals surface area (Å²) in [5.74, 6) is 1.18. The van der Waals surface area contributed by atoms with Crippen molar-refractivity contribution in [1.29, 1.82) is 0 Å². The van der Waals surface area contributed by atoms with E-state index in [4.69, 9.17) is 10.5 Å². The molecular formula is C14H23NO2S. The SMILES string of the molecule is COCCCS(=O)CC(N)c1ccc(C)c(C)c1. The molecule has 0 spiro atoms. The van der Waals surface area contributed by atoms with E-state index in [1.165, 1.54) is 11.1 Å². The van der Waals surface area contributed by atoms with Crippen LogP contribution in [0.3, 0.4) is 0 Å². The third-order valence-electron chi connectivity index (χ3n) is 3.05. The van der Waals surface area contributed by atoms with Gasteiger partial charge in [0.25, 0.3) is 0 Å². The summed E-state index contributed by atoms with van der Waals surface area (Å²) in [6.45, 7) is 4.80. The number of rotatable bonds is 7. The van der Waals surface area contributed by atoms with Crippen molar-refractivity contribution in [1.82, 2.24) is 0 Å². The Bertz CT molecular complexity index is 407. The molecule has 2 unspecified atom stereocenters. The third-order valence-corrected chi connectivity index (χ3v) is 4.52. The summed E-state index contributed by atoms with van der Waals surface area (Å²) in [7, 11) is 0.787. The number of hydrogen-bond acceptors (Lipinski definition) is 3. The molecule has 0 aliphatic rings. The fraction of sp³-hybridized carbons (Fsp3) is 0.571. The zero-order valence-electron chi connectivity index (χ0n) is 11.4. The first-order chi connectivity index (χ1) is 8.54. The second kappa shape index (κ2) is 7.67. The second-order valence-corrected chi connectivity index (χ2v) is 6.23. The van der Waals surface area contributed by atoms with E-state index in [-0.39, 0.29) is 6.04 Å². The Balaban J connectivity index is 2.51. The van der Waals surface area contributed by atoms with E-state index < -0.39 is 10.8 Å². The van der Waals surface area contributed by atoms with Crippen LogP contribution in [0.5, 0.6) is 0 Å². The minimum absolute atomic E-state index is 0.146. The maximum atomic E-state index is 11.8. The lowest BCUT2D eigenvalue weighted by molar-refractivity contribution is 0.200. The lowest BCUT2D eigenvalue weighted by atomic mass is 10.0. The van der Waals surface area contributed by atoms with Crippen LogP contribution in [0.1, 0.15) is 29.2 Å². The van der Waals surface area contributed by atoms with Crippen molar-refractivity contribution < 1.29 is 8.95 Å². The first-order valence-electron chi connectivity index (χ1n) is 6.21. The fourth-order valence-electron chi connectivity index (χ4n) is 1.74. The van der Waals surface area contributed by atoms with Gasteiger partial charge < -0.3 is 10.5 Å². The van der Waals surface area contributed by atoms with Crippen molar-refractivity contribution in [2.45, 2.75) is 26.3 Å². The van der Waals surface area contributed by atoms with Crippen molar-refractivity contribution in [2.75, 3.05) is 25.2 Å². The van der Waals surface area contributed by atoms with Gasteiger partial charge in [-0.15, -0.1) is 0 Å². The Kier molecular flexibility index (Phi) is 6.54. The van der Waals surface area contributed by atoms with Crippen LogP contribution in [0, 0.1) is 13.8 Å². The first-order valence-corrected chi connectivity index (χ1v) is 7.70. The van der Waals surface area contributed by atoms with Gasteiger partial charge in [-0.2, -0.15) is 0 Å². The normalized spacial score (nSPS) is 14.4. The van der Waals surface area contributed by atoms with Gasteiger partial charge in [-0.05, 0) is 37.0 Å². The minimum atomic E-state index is -0.869. The first kappa shape index (κ1) is 15.3. The molecule has 18 heavy (non-hydrogen) atoms. The summed E-state index contributed by atoms with van der Waals surface area (Å²) < 4.78 is 16.8. The molecule has 3 nitrogen and oxygen atoms in total. The molecule has 0 aliphatic carbocycles. The maximum absolute atomic E-state index is 11.8. The van der Waals surface area contributed by atoms with E-state index in [9.17, 15) is 4.21 Å². The third kappa shape index (κ3) is 4.88. The highest BCUT2D eigenvalue weighted by Gasteiger charge is 2.11. The van der Waals surface area contributed by atoms with Crippen LogP contribution < -0.4 is 5.73 Å². The summed E-state index contributed by atoms with van der Waals surface area (Å²) in [6.07, 6.45) is 0.822. The zero-order valence-corrected chi connectivity index (χ0v) is 12.3. The Labute approximate surface area is 112 Å². The molecule has 0 aromatic heterocycles. The lowest BCUT2D eigenvalue weighted by Crippen LogP contribution is -2.20. The summed E-state index contributed by atoms with van der Waals surface area (Å²) in [4.78, 5) is 0. The Morgan fingerprint density at radius 3 is 2.67 bits per heavy atom. The molecule has 0 heterocycles. The van der Waals surface area contributed by atoms with Gasteiger partial charge in [0.15, 0.2) is 0 Å². The Morgan fingerprint density at radius 2 is 2.06 bits per heavy atom. The van der Waals surface area contributed by atoms with E-state index in [1.54, 1.807) is 7.11 Å². The topological polar surface area (TPSA) is 52.3 Å². The van der Waals surface area contributed by atoms with E-state index in [0.29, 0.717) is 18.1 Å². The average molecular weight is 269 g/mol. The molecule has 0 saturated heterocycles. The second-order valence-electron chi connectivity index (χ2n) is 4.61. The maximum Gasteiger partial charge on any atom is 0.0471 e. The van der Waals surface area contributed by atoms with E-state index >= 15 is 0 Å². The van der Waals surface area contributed by atoms with Crippen molar-refractivity contribution in [3.05, 3.63) is 34.9 Å². The summed E-state index contributed by atoms with van der Waals surface area (Å²) >= 11 is 0. The molecule has 0 radical (unpaired) electrons. The van der Waals surface area contributed by atoms with E-state index in [0.717, 1.165) is 12.0 Å². The summed E-state index contributed by atoms with van der Waals surface area (Å²) in [6, 6.07) is 6.04. The van der Waals surface area contributed by atoms with Crippen LogP contribution in [0.4, 0.5) is 0 Å². The minimum Gasteiger partial charge on any atom is -0.385 e. The number of nitrogens with two attached hydrogens (primary N) is 1. The summed E-state index contributed by atoms with van der Waals surface area (Å²) in [5.41, 5.74) is 9.65. The van der Waals surface area contributed by atoms with Gasteiger partial charge in [-0.3, -0.25) is 4.21 Å². The summed E-state index contributed by atoms with van der Waals surface area (Å²) in [5, 5.41) is 0. The molecule has 1 aromatic carbocycles. The van der Waals surface area contributed by atoms with Gasteiger partial charge in [0.1, 0.15) is 0 Å². The monoisotopic (exact) mass is 269 g/mol. The molecule has 4 heteroatoms. The van der Waals surface area contributed by atoms with Crippen molar-refractivity contribution in [2.24, 2.45) is 5.73 Å². The van der Waals surface area contributed by atoms with Crippen molar-refractivity contribution in [3.63, 3.8) is 0 Å². The number of methoxy groups -OCH3 is 1. The molecule has 1 rings (SSSR count). The van der Waals surface area contributed by atoms with Crippen molar-refractivity contribution >= 4 is 10.8 Å². The molecule has 2 atom stereocenters. The quantitative estimate of drug-likeness (QED) is 0.771. The predicted octanol–water partition coefficient (Wildman–Crippen LogP) is 2.09. The number of aryl methyl sites for hydroxylation is 2. The largest absolute Gasteiger partial charge is 0.385 e. The van der Waals surface area contributed by atoms with Crippen LogP contribution in [-0.4, -0.2) is 29.4 Å². The van der Waals surface area contributed by atoms with Crippen LogP contribution in [0.2, 0.25) is 0 Å². The number of hydrogen-bond donors (Lipinski definition) is 1. The molecule has 0 aliphatic heterocycles. The van der Waals surface area contributed by atoms with Gasteiger partial charge in [-0.25, -0.2) is 0 Å². The molecule has 1 aromatic rings. The van der Waals surface area contributed by atoms with Crippen LogP contribution in [0.15, 0.2) is 18.2 Å². The molecular weight excluding hydrogens is 246 g/mol. The Morgan fingerprint density at radius 1 is 1.33 bits per heavy atom. The molecule has 102 valence electrons. The highest BCUT2D eigenvalue weighted by Crippen LogP contribution is 2.16. The van der Waals surface area contributed by atoms with Crippen LogP contribution >= 0.6 is 0 Å². The van der Waals surface area contributed by atoms with E-state index in [2.05, 4.69) is 26.0 Å². The van der Waals surface area contributed by atoms with Crippen LogP contribution in [-0.2, 0) is 15.5 Å². The fourth-order valence-corrected chi connectivity index (χ4v) is 2.94. The average Bonchev–Trinajstić information content (AvgIpc) is 2.33. The molecule has 0 saturated carbocycles. The smallest absolute Gasteiger partial charge is 0.0471 e. The van der Waals surface area contributed by atoms with Gasteiger partial charge in [0.05, 0.1) is 0 Å². The molecule has 0 fully saturated rings. The standard InChI is InChI=1S/C14H23NO2S/c1-11-5-6-13(9-12(11)2)14(15)10-18(16)8-4-7-17-3/h5-6,9,14H,4,7-8,10,15H2,1-3H3. The Hall–Kier alpha value is -0.710. The van der Waals surface area contributed by atoms with Gasteiger partial charge >= 0.3 is 0 Å². The zero-order chi connectivity index (χ0) is 13.5. The number of ether oxygens (including phenoxy) is 1. The number of benzene rings is 1. The van der Waals surface area contributed by atoms with E-state index in [1.807, 2.05) is 6.07 Å². The highest BCUT2D eigenvalue weighted by atomic mass is 32.2. The predicted molar refractivity (Wildman–Crippen MR) is 77.2 cm³/mol. The van der Waals surface area contributed by atoms with Gasteiger partial charge in [0.2, 0.25) is 0 Å². The van der Waals surface area contributed by atoms with Crippen molar-refractivity contribution in [3.8, 4) is 0 Å². The lowest BCUT2D eigenvalue weighted by Gasteiger charge is -2.13. The molecule has 0 bridgehead atoms. The molecule has 2 N–H and O–H groups in total. The molecule has 0 amide bonds. The van der Waals surface area contributed by atoms with Gasteiger partial charge in [-0.1, -0.05) is 18.2 Å². The van der Waals surface area contributed by atoms with Gasteiger partial charge in [0, 0.05) is 42.1 Å².